The number of aryl methyl sites for hydroxylation is 1. The van der Waals surface area contributed by atoms with Crippen LogP contribution in [0.15, 0.2) is 40.8 Å². The predicted molar refractivity (Wildman–Crippen MR) is 101 cm³/mol. The van der Waals surface area contributed by atoms with Gasteiger partial charge in [0, 0.05) is 11.8 Å². The predicted octanol–water partition coefficient (Wildman–Crippen LogP) is 2.08. The number of amides is 1. The maximum atomic E-state index is 11.9. The van der Waals surface area contributed by atoms with Gasteiger partial charge in [-0.15, -0.1) is 0 Å². The van der Waals surface area contributed by atoms with Crippen LogP contribution in [-0.2, 0) is 26.1 Å². The van der Waals surface area contributed by atoms with Crippen LogP contribution in [0.4, 0.5) is 5.69 Å². The number of hydrogen-bond donors (Lipinski definition) is 2. The number of esters is 1. The lowest BCUT2D eigenvalue weighted by molar-refractivity contribution is -0.116. The van der Waals surface area contributed by atoms with Gasteiger partial charge in [0.1, 0.15) is 17.1 Å². The molecule has 9 heteroatoms. The maximum Gasteiger partial charge on any atom is 0.341 e. The molecule has 0 saturated heterocycles. The Bertz CT molecular complexity index is 958. The average molecular weight is 392 g/mol. The Morgan fingerprint density at radius 1 is 1.22 bits per heavy atom. The molecule has 1 amide bonds. The zero-order valence-electron chi connectivity index (χ0n) is 15.1. The summed E-state index contributed by atoms with van der Waals surface area (Å²) >= 11 is 0. The molecule has 1 aromatic carbocycles. The molecule has 0 aliphatic heterocycles. The number of carbonyl (C=O) groups is 2. The second kappa shape index (κ2) is 8.54. The van der Waals surface area contributed by atoms with Crippen LogP contribution in [0.25, 0.3) is 6.08 Å². The molecule has 0 fully saturated rings. The van der Waals surface area contributed by atoms with Gasteiger partial charge in [0.15, 0.2) is 0 Å². The molecule has 0 atom stereocenters. The lowest BCUT2D eigenvalue weighted by Crippen LogP contribution is -2.19. The Morgan fingerprint density at radius 2 is 1.89 bits per heavy atom. The van der Waals surface area contributed by atoms with Gasteiger partial charge in [0.2, 0.25) is 15.9 Å². The van der Waals surface area contributed by atoms with E-state index in [1.807, 2.05) is 0 Å². The third-order valence-electron chi connectivity index (χ3n) is 3.45. The molecule has 2 aromatic rings. The van der Waals surface area contributed by atoms with Gasteiger partial charge >= 0.3 is 5.97 Å². The van der Waals surface area contributed by atoms with Gasteiger partial charge in [-0.1, -0.05) is 12.1 Å². The van der Waals surface area contributed by atoms with E-state index in [0.29, 0.717) is 22.8 Å². The number of hydrogen-bond acceptors (Lipinski definition) is 6. The monoisotopic (exact) mass is 392 g/mol. The highest BCUT2D eigenvalue weighted by Gasteiger charge is 2.15. The molecule has 1 heterocycles. The number of methoxy groups -OCH3 is 1. The van der Waals surface area contributed by atoms with E-state index in [0.717, 1.165) is 11.8 Å². The Hall–Kier alpha value is -3.07. The summed E-state index contributed by atoms with van der Waals surface area (Å²) in [6, 6.07) is 8.07. The molecule has 2 rings (SSSR count). The fourth-order valence-corrected chi connectivity index (χ4v) is 2.79. The van der Waals surface area contributed by atoms with Crippen molar-refractivity contribution in [3.63, 3.8) is 0 Å². The van der Waals surface area contributed by atoms with Crippen molar-refractivity contribution in [2.24, 2.45) is 0 Å². The molecule has 144 valence electrons. The summed E-state index contributed by atoms with van der Waals surface area (Å²) in [6.45, 7) is 1.76. The first kappa shape index (κ1) is 20.2. The zero-order valence-corrected chi connectivity index (χ0v) is 15.9. The van der Waals surface area contributed by atoms with E-state index >= 15 is 0 Å². The SMILES string of the molecule is COC(=O)c1cc(CNC(=O)C=Cc2ccc(NS(C)(=O)=O)cc2)oc1C. The number of rotatable bonds is 7. The summed E-state index contributed by atoms with van der Waals surface area (Å²) in [5.74, 6) is 0.0137. The second-order valence-electron chi connectivity index (χ2n) is 5.72. The van der Waals surface area contributed by atoms with E-state index in [1.54, 1.807) is 37.3 Å². The van der Waals surface area contributed by atoms with E-state index in [2.05, 4.69) is 14.8 Å². The summed E-state index contributed by atoms with van der Waals surface area (Å²) in [5.41, 5.74) is 1.49. The van der Waals surface area contributed by atoms with Crippen LogP contribution in [0.5, 0.6) is 0 Å². The zero-order chi connectivity index (χ0) is 20.0. The second-order valence-corrected chi connectivity index (χ2v) is 7.47. The molecule has 1 aromatic heterocycles. The van der Waals surface area contributed by atoms with Crippen molar-refractivity contribution in [2.45, 2.75) is 13.5 Å². The molecule has 0 spiro atoms. The maximum absolute atomic E-state index is 11.9. The first-order valence-electron chi connectivity index (χ1n) is 7.89. The van der Waals surface area contributed by atoms with Crippen molar-refractivity contribution < 1.29 is 27.2 Å². The van der Waals surface area contributed by atoms with Gasteiger partial charge < -0.3 is 14.5 Å². The molecule has 0 unspecified atom stereocenters. The fourth-order valence-electron chi connectivity index (χ4n) is 2.22. The molecule has 2 N–H and O–H groups in total. The number of benzene rings is 1. The van der Waals surface area contributed by atoms with Crippen LogP contribution >= 0.6 is 0 Å². The summed E-state index contributed by atoms with van der Waals surface area (Å²) in [4.78, 5) is 23.4. The molecule has 0 radical (unpaired) electrons. The van der Waals surface area contributed by atoms with Crippen molar-refractivity contribution in [3.8, 4) is 0 Å². The molecule has 27 heavy (non-hydrogen) atoms. The highest BCUT2D eigenvalue weighted by molar-refractivity contribution is 7.92. The molecular formula is C18H20N2O6S. The number of anilines is 1. The van der Waals surface area contributed by atoms with E-state index in [1.165, 1.54) is 19.3 Å². The van der Waals surface area contributed by atoms with Crippen LogP contribution in [0.3, 0.4) is 0 Å². The number of sulfonamides is 1. The third-order valence-corrected chi connectivity index (χ3v) is 4.06. The van der Waals surface area contributed by atoms with Gasteiger partial charge in [-0.25, -0.2) is 13.2 Å². The van der Waals surface area contributed by atoms with Crippen molar-refractivity contribution in [1.82, 2.24) is 5.32 Å². The smallest absolute Gasteiger partial charge is 0.341 e. The Labute approximate surface area is 157 Å². The van der Waals surface area contributed by atoms with Gasteiger partial charge in [0.25, 0.3) is 0 Å². The van der Waals surface area contributed by atoms with Crippen LogP contribution in [0.2, 0.25) is 0 Å². The number of furan rings is 1. The highest BCUT2D eigenvalue weighted by atomic mass is 32.2. The number of nitrogens with one attached hydrogen (secondary N) is 2. The standard InChI is InChI=1S/C18H20N2O6S/c1-12-16(18(22)25-2)10-15(26-12)11-19-17(21)9-6-13-4-7-14(8-5-13)20-27(3,23)24/h4-10,20H,11H2,1-3H3,(H,19,21). The average Bonchev–Trinajstić information content (AvgIpc) is 2.98. The molecule has 0 saturated carbocycles. The first-order valence-corrected chi connectivity index (χ1v) is 9.78. The van der Waals surface area contributed by atoms with E-state index < -0.39 is 16.0 Å². The molecule has 8 nitrogen and oxygen atoms in total. The van der Waals surface area contributed by atoms with Crippen molar-refractivity contribution in [3.05, 3.63) is 59.1 Å². The molecule has 0 aliphatic rings. The molecule has 0 bridgehead atoms. The quantitative estimate of drug-likeness (QED) is 0.551. The van der Waals surface area contributed by atoms with Crippen LogP contribution in [-0.4, -0.2) is 33.7 Å². The van der Waals surface area contributed by atoms with Gasteiger partial charge in [-0.05, 0) is 36.8 Å². The van der Waals surface area contributed by atoms with E-state index in [-0.39, 0.29) is 12.5 Å². The molecular weight excluding hydrogens is 372 g/mol. The van der Waals surface area contributed by atoms with E-state index in [4.69, 9.17) is 4.42 Å². The number of carbonyl (C=O) groups excluding carboxylic acids is 2. The lowest BCUT2D eigenvalue weighted by Gasteiger charge is -2.03. The first-order chi connectivity index (χ1) is 12.7. The van der Waals surface area contributed by atoms with Crippen LogP contribution in [0.1, 0.15) is 27.4 Å². The Morgan fingerprint density at radius 3 is 2.48 bits per heavy atom. The normalized spacial score (nSPS) is 11.4. The number of ether oxygens (including phenoxy) is 1. The summed E-state index contributed by atoms with van der Waals surface area (Å²) in [7, 11) is -2.05. The van der Waals surface area contributed by atoms with Crippen LogP contribution in [0, 0.1) is 6.92 Å². The largest absolute Gasteiger partial charge is 0.465 e. The minimum Gasteiger partial charge on any atom is -0.465 e. The minimum atomic E-state index is -3.33. The summed E-state index contributed by atoms with van der Waals surface area (Å²) in [6.07, 6.45) is 4.00. The summed E-state index contributed by atoms with van der Waals surface area (Å²) in [5, 5.41) is 2.65. The molecule has 0 aliphatic carbocycles. The highest BCUT2D eigenvalue weighted by Crippen LogP contribution is 2.15. The third kappa shape index (κ3) is 6.30. The van der Waals surface area contributed by atoms with Crippen molar-refractivity contribution in [2.75, 3.05) is 18.1 Å². The van der Waals surface area contributed by atoms with E-state index in [9.17, 15) is 18.0 Å². The lowest BCUT2D eigenvalue weighted by atomic mass is 10.2. The fraction of sp³-hybridized carbons (Fsp3) is 0.222. The minimum absolute atomic E-state index is 0.123. The van der Waals surface area contributed by atoms with Crippen molar-refractivity contribution >= 4 is 33.7 Å². The van der Waals surface area contributed by atoms with Gasteiger partial charge in [-0.2, -0.15) is 0 Å². The van der Waals surface area contributed by atoms with Crippen molar-refractivity contribution in [1.29, 1.82) is 0 Å². The Kier molecular flexibility index (Phi) is 6.40. The van der Waals surface area contributed by atoms with Gasteiger partial charge in [0.05, 0.1) is 19.9 Å². The topological polar surface area (TPSA) is 115 Å². The Balaban J connectivity index is 1.91. The summed E-state index contributed by atoms with van der Waals surface area (Å²) < 4.78 is 34.7. The van der Waals surface area contributed by atoms with Crippen LogP contribution < -0.4 is 10.0 Å². The van der Waals surface area contributed by atoms with Gasteiger partial charge in [-0.3, -0.25) is 9.52 Å².